The molecule has 0 atom stereocenters. The van der Waals surface area contributed by atoms with E-state index in [1.807, 2.05) is 0 Å². The van der Waals surface area contributed by atoms with Crippen LogP contribution in [0.1, 0.15) is 6.42 Å². The van der Waals surface area contributed by atoms with E-state index in [4.69, 9.17) is 34.2 Å². The van der Waals surface area contributed by atoms with Crippen molar-refractivity contribution in [3.05, 3.63) is 12.2 Å². The lowest BCUT2D eigenvalue weighted by Gasteiger charge is -2.13. The van der Waals surface area contributed by atoms with E-state index < -0.39 is 0 Å². The molecule has 11 nitrogen and oxygen atoms in total. The number of rotatable bonds is 21. The Morgan fingerprint density at radius 1 is 0.633 bits per heavy atom. The molecule has 2 N–H and O–H groups in total. The molecule has 1 aliphatic rings. The first kappa shape index (κ1) is 26.1. The summed E-state index contributed by atoms with van der Waals surface area (Å²) in [5.41, 5.74) is 4.99. The van der Waals surface area contributed by atoms with Gasteiger partial charge in [0.15, 0.2) is 0 Å². The van der Waals surface area contributed by atoms with Crippen molar-refractivity contribution < 1.29 is 42.8 Å². The second-order valence-electron chi connectivity index (χ2n) is 6.05. The summed E-state index contributed by atoms with van der Waals surface area (Å²) in [6.45, 7) is 5.19. The number of ether oxygens (including phenoxy) is 6. The summed E-state index contributed by atoms with van der Waals surface area (Å²) < 4.78 is 31.9. The average Bonchev–Trinajstić information content (AvgIpc) is 3.04. The van der Waals surface area contributed by atoms with Crippen molar-refractivity contribution >= 4 is 17.7 Å². The van der Waals surface area contributed by atoms with Crippen molar-refractivity contribution in [2.75, 3.05) is 85.8 Å². The second kappa shape index (κ2) is 17.9. The monoisotopic (exact) mass is 432 g/mol. The van der Waals surface area contributed by atoms with Gasteiger partial charge in [-0.25, -0.2) is 0 Å². The highest BCUT2D eigenvalue weighted by Crippen LogP contribution is 2.02. The summed E-state index contributed by atoms with van der Waals surface area (Å²) >= 11 is 0. The highest BCUT2D eigenvalue weighted by Gasteiger charge is 2.22. The highest BCUT2D eigenvalue weighted by molar-refractivity contribution is 6.12. The standard InChI is InChI=1S/C19H32N2O9/c20-17(22)3-5-25-7-9-27-11-13-29-15-16-30-14-12-28-10-8-26-6-4-21-18(23)1-2-19(21)24/h1-2H,3-16H2,(H2,20,22). The Labute approximate surface area is 176 Å². The fourth-order valence-corrected chi connectivity index (χ4v) is 2.18. The minimum Gasteiger partial charge on any atom is -0.379 e. The van der Waals surface area contributed by atoms with Gasteiger partial charge in [-0.05, 0) is 0 Å². The number of nitrogens with zero attached hydrogens (tertiary/aromatic N) is 1. The maximum atomic E-state index is 11.3. The van der Waals surface area contributed by atoms with Crippen LogP contribution in [0.3, 0.4) is 0 Å². The highest BCUT2D eigenvalue weighted by atomic mass is 16.6. The van der Waals surface area contributed by atoms with Gasteiger partial charge in [0, 0.05) is 18.6 Å². The Balaban J connectivity index is 1.70. The molecule has 0 bridgehead atoms. The number of nitrogens with two attached hydrogens (primary N) is 1. The summed E-state index contributed by atoms with van der Waals surface area (Å²) in [6, 6.07) is 0. The van der Waals surface area contributed by atoms with Gasteiger partial charge in [0.1, 0.15) is 0 Å². The normalized spacial score (nSPS) is 13.5. The molecule has 1 heterocycles. The van der Waals surface area contributed by atoms with Crippen molar-refractivity contribution in [2.45, 2.75) is 6.42 Å². The summed E-state index contributed by atoms with van der Waals surface area (Å²) in [5, 5.41) is 0. The van der Waals surface area contributed by atoms with E-state index in [0.29, 0.717) is 72.7 Å². The first-order valence-corrected chi connectivity index (χ1v) is 9.89. The van der Waals surface area contributed by atoms with Crippen LogP contribution < -0.4 is 5.73 Å². The maximum Gasteiger partial charge on any atom is 0.253 e. The molecule has 0 aromatic heterocycles. The zero-order valence-corrected chi connectivity index (χ0v) is 17.3. The van der Waals surface area contributed by atoms with Crippen LogP contribution in [0.5, 0.6) is 0 Å². The molecule has 0 saturated carbocycles. The molecule has 1 rings (SSSR count). The van der Waals surface area contributed by atoms with Gasteiger partial charge in [-0.15, -0.1) is 0 Å². The molecule has 0 unspecified atom stereocenters. The number of carbonyl (C=O) groups is 3. The summed E-state index contributed by atoms with van der Waals surface area (Å²) in [4.78, 5) is 34.3. The predicted molar refractivity (Wildman–Crippen MR) is 105 cm³/mol. The third-order valence-corrected chi connectivity index (χ3v) is 3.71. The molecule has 0 aliphatic carbocycles. The molecular weight excluding hydrogens is 400 g/mol. The average molecular weight is 432 g/mol. The zero-order chi connectivity index (χ0) is 21.9. The summed E-state index contributed by atoms with van der Waals surface area (Å²) in [5.74, 6) is -0.999. The molecule has 172 valence electrons. The predicted octanol–water partition coefficient (Wildman–Crippen LogP) is -1.11. The molecule has 3 amide bonds. The lowest BCUT2D eigenvalue weighted by Crippen LogP contribution is -2.33. The van der Waals surface area contributed by atoms with Gasteiger partial charge in [0.2, 0.25) is 5.91 Å². The van der Waals surface area contributed by atoms with Gasteiger partial charge < -0.3 is 34.2 Å². The fraction of sp³-hybridized carbons (Fsp3) is 0.737. The Kier molecular flexibility index (Phi) is 15.6. The van der Waals surface area contributed by atoms with Gasteiger partial charge in [-0.3, -0.25) is 19.3 Å². The number of amides is 3. The van der Waals surface area contributed by atoms with Gasteiger partial charge in [0.25, 0.3) is 11.8 Å². The van der Waals surface area contributed by atoms with E-state index in [0.717, 1.165) is 4.90 Å². The Morgan fingerprint density at radius 3 is 1.33 bits per heavy atom. The molecule has 0 spiro atoms. The maximum absolute atomic E-state index is 11.3. The second-order valence-corrected chi connectivity index (χ2v) is 6.05. The molecule has 0 radical (unpaired) electrons. The summed E-state index contributed by atoms with van der Waals surface area (Å²) in [6.07, 6.45) is 2.71. The first-order chi connectivity index (χ1) is 14.6. The number of imide groups is 1. The third kappa shape index (κ3) is 14.1. The van der Waals surface area contributed by atoms with Crippen LogP contribution in [0.25, 0.3) is 0 Å². The third-order valence-electron chi connectivity index (χ3n) is 3.71. The summed E-state index contributed by atoms with van der Waals surface area (Å²) in [7, 11) is 0. The molecular formula is C19H32N2O9. The van der Waals surface area contributed by atoms with Crippen LogP contribution in [0.2, 0.25) is 0 Å². The molecule has 0 aromatic rings. The van der Waals surface area contributed by atoms with Crippen molar-refractivity contribution in [1.82, 2.24) is 4.90 Å². The smallest absolute Gasteiger partial charge is 0.253 e. The van der Waals surface area contributed by atoms with E-state index in [1.165, 1.54) is 12.2 Å². The van der Waals surface area contributed by atoms with Gasteiger partial charge >= 0.3 is 0 Å². The molecule has 11 heteroatoms. The lowest BCUT2D eigenvalue weighted by molar-refractivity contribution is -0.137. The quantitative estimate of drug-likeness (QED) is 0.177. The first-order valence-electron chi connectivity index (χ1n) is 9.89. The van der Waals surface area contributed by atoms with Crippen LogP contribution in [0.15, 0.2) is 12.2 Å². The molecule has 0 fully saturated rings. The van der Waals surface area contributed by atoms with E-state index in [2.05, 4.69) is 0 Å². The van der Waals surface area contributed by atoms with Gasteiger partial charge in [-0.1, -0.05) is 0 Å². The van der Waals surface area contributed by atoms with Crippen LogP contribution in [0, 0.1) is 0 Å². The van der Waals surface area contributed by atoms with Gasteiger partial charge in [-0.2, -0.15) is 0 Å². The Bertz CT molecular complexity index is 510. The van der Waals surface area contributed by atoms with E-state index in [-0.39, 0.29) is 37.3 Å². The SMILES string of the molecule is NC(=O)CCOCCOCCOCCOCCOCCOCCN1C(=O)C=CC1=O. The number of carbonyl (C=O) groups excluding carboxylic acids is 3. The van der Waals surface area contributed by atoms with Crippen LogP contribution in [-0.4, -0.2) is 108 Å². The fourth-order valence-electron chi connectivity index (χ4n) is 2.18. The van der Waals surface area contributed by atoms with Crippen LogP contribution in [-0.2, 0) is 42.8 Å². The minimum atomic E-state index is -0.382. The number of hydrogen-bond acceptors (Lipinski definition) is 9. The van der Waals surface area contributed by atoms with Crippen LogP contribution >= 0.6 is 0 Å². The van der Waals surface area contributed by atoms with E-state index >= 15 is 0 Å². The van der Waals surface area contributed by atoms with Crippen molar-refractivity contribution in [3.63, 3.8) is 0 Å². The topological polar surface area (TPSA) is 136 Å². The largest absolute Gasteiger partial charge is 0.379 e. The molecule has 0 saturated heterocycles. The van der Waals surface area contributed by atoms with E-state index in [9.17, 15) is 14.4 Å². The number of hydrogen-bond donors (Lipinski definition) is 1. The lowest BCUT2D eigenvalue weighted by atomic mass is 10.4. The van der Waals surface area contributed by atoms with Crippen molar-refractivity contribution in [1.29, 1.82) is 0 Å². The van der Waals surface area contributed by atoms with E-state index in [1.54, 1.807) is 0 Å². The van der Waals surface area contributed by atoms with Crippen LogP contribution in [0.4, 0.5) is 0 Å². The Hall–Kier alpha value is -1.89. The van der Waals surface area contributed by atoms with Gasteiger partial charge in [0.05, 0.1) is 85.8 Å². The molecule has 1 aliphatic heterocycles. The van der Waals surface area contributed by atoms with Crippen molar-refractivity contribution in [3.8, 4) is 0 Å². The Morgan fingerprint density at radius 2 is 0.967 bits per heavy atom. The zero-order valence-electron chi connectivity index (χ0n) is 17.3. The molecule has 0 aromatic carbocycles. The molecule has 30 heavy (non-hydrogen) atoms. The minimum absolute atomic E-state index is 0.214. The number of primary amides is 1. The van der Waals surface area contributed by atoms with Crippen molar-refractivity contribution in [2.24, 2.45) is 5.73 Å².